The summed E-state index contributed by atoms with van der Waals surface area (Å²) >= 11 is 0. The molecular formula is C17H17N3O3S. The van der Waals surface area contributed by atoms with E-state index in [-0.39, 0.29) is 10.9 Å². The van der Waals surface area contributed by atoms with E-state index in [1.807, 2.05) is 30.3 Å². The number of benzene rings is 2. The molecule has 0 saturated carbocycles. The van der Waals surface area contributed by atoms with Gasteiger partial charge in [-0.15, -0.1) is 0 Å². The summed E-state index contributed by atoms with van der Waals surface area (Å²) in [7, 11) is -3.74. The van der Waals surface area contributed by atoms with Gasteiger partial charge in [-0.3, -0.25) is 0 Å². The van der Waals surface area contributed by atoms with Gasteiger partial charge in [-0.2, -0.15) is 0 Å². The molecule has 1 aromatic heterocycles. The van der Waals surface area contributed by atoms with Gasteiger partial charge in [0.1, 0.15) is 5.69 Å². The van der Waals surface area contributed by atoms with Crippen molar-refractivity contribution in [1.82, 2.24) is 4.98 Å². The molecule has 1 atom stereocenters. The zero-order valence-electron chi connectivity index (χ0n) is 13.0. The molecule has 3 aromatic rings. The fraction of sp³-hybridized carbons (Fsp3) is 0.118. The van der Waals surface area contributed by atoms with Crippen LogP contribution in [-0.2, 0) is 10.0 Å². The Morgan fingerprint density at radius 1 is 1.00 bits per heavy atom. The van der Waals surface area contributed by atoms with Gasteiger partial charge in [0.15, 0.2) is 5.76 Å². The summed E-state index contributed by atoms with van der Waals surface area (Å²) in [6.45, 7) is 1.79. The largest absolute Gasteiger partial charge is 0.438 e. The van der Waals surface area contributed by atoms with E-state index in [0.717, 1.165) is 5.56 Å². The normalized spacial score (nSPS) is 13.0. The van der Waals surface area contributed by atoms with Crippen LogP contribution in [0.4, 0.5) is 0 Å². The molecule has 0 amide bonds. The SMILES string of the molecule is CC(N)c1nc(-c2ccccc2)c(-c2ccc(S(N)(=O)=O)cc2)o1. The third-order valence-corrected chi connectivity index (χ3v) is 4.45. The van der Waals surface area contributed by atoms with Crippen LogP contribution in [0.5, 0.6) is 0 Å². The third-order valence-electron chi connectivity index (χ3n) is 3.53. The second-order valence-electron chi connectivity index (χ2n) is 5.45. The van der Waals surface area contributed by atoms with Gasteiger partial charge in [0, 0.05) is 11.1 Å². The van der Waals surface area contributed by atoms with E-state index in [1.165, 1.54) is 12.1 Å². The van der Waals surface area contributed by atoms with Crippen molar-refractivity contribution < 1.29 is 12.8 Å². The zero-order valence-corrected chi connectivity index (χ0v) is 13.8. The van der Waals surface area contributed by atoms with Crippen molar-refractivity contribution in [3.05, 3.63) is 60.5 Å². The molecule has 0 radical (unpaired) electrons. The molecule has 1 unspecified atom stereocenters. The summed E-state index contributed by atoms with van der Waals surface area (Å²) in [6.07, 6.45) is 0. The van der Waals surface area contributed by atoms with Gasteiger partial charge in [-0.05, 0) is 31.2 Å². The van der Waals surface area contributed by atoms with Crippen LogP contribution in [0.25, 0.3) is 22.6 Å². The Morgan fingerprint density at radius 3 is 2.17 bits per heavy atom. The molecule has 7 heteroatoms. The lowest BCUT2D eigenvalue weighted by Gasteiger charge is -2.03. The van der Waals surface area contributed by atoms with Crippen LogP contribution in [0.2, 0.25) is 0 Å². The number of hydrogen-bond donors (Lipinski definition) is 2. The number of aromatic nitrogens is 1. The number of nitrogens with zero attached hydrogens (tertiary/aromatic N) is 1. The van der Waals surface area contributed by atoms with Crippen LogP contribution >= 0.6 is 0 Å². The average Bonchev–Trinajstić information content (AvgIpc) is 3.00. The Labute approximate surface area is 140 Å². The molecule has 1 heterocycles. The van der Waals surface area contributed by atoms with Crippen molar-refractivity contribution >= 4 is 10.0 Å². The highest BCUT2D eigenvalue weighted by Gasteiger charge is 2.19. The number of primary sulfonamides is 1. The maximum absolute atomic E-state index is 11.4. The topological polar surface area (TPSA) is 112 Å². The molecule has 0 aliphatic rings. The highest BCUT2D eigenvalue weighted by Crippen LogP contribution is 2.34. The Hall–Kier alpha value is -2.48. The van der Waals surface area contributed by atoms with Gasteiger partial charge >= 0.3 is 0 Å². The summed E-state index contributed by atoms with van der Waals surface area (Å²) < 4.78 is 28.6. The fourth-order valence-corrected chi connectivity index (χ4v) is 2.83. The molecule has 24 heavy (non-hydrogen) atoms. The van der Waals surface area contributed by atoms with Crippen LogP contribution in [0, 0.1) is 0 Å². The van der Waals surface area contributed by atoms with Crippen LogP contribution < -0.4 is 10.9 Å². The third kappa shape index (κ3) is 3.23. The van der Waals surface area contributed by atoms with E-state index in [4.69, 9.17) is 15.3 Å². The first-order chi connectivity index (χ1) is 11.4. The quantitative estimate of drug-likeness (QED) is 0.756. The minimum Gasteiger partial charge on any atom is -0.438 e. The monoisotopic (exact) mass is 343 g/mol. The Balaban J connectivity index is 2.13. The first kappa shape index (κ1) is 16.4. The minimum atomic E-state index is -3.74. The molecule has 0 spiro atoms. The summed E-state index contributed by atoms with van der Waals surface area (Å²) in [4.78, 5) is 4.53. The van der Waals surface area contributed by atoms with Crippen molar-refractivity contribution in [2.75, 3.05) is 0 Å². The molecule has 4 N–H and O–H groups in total. The molecule has 0 bridgehead atoms. The molecule has 0 aliphatic carbocycles. The van der Waals surface area contributed by atoms with E-state index in [0.29, 0.717) is 22.9 Å². The minimum absolute atomic E-state index is 0.0412. The van der Waals surface area contributed by atoms with Crippen molar-refractivity contribution in [2.24, 2.45) is 10.9 Å². The average molecular weight is 343 g/mol. The molecule has 3 rings (SSSR count). The zero-order chi connectivity index (χ0) is 17.3. The van der Waals surface area contributed by atoms with Gasteiger partial charge in [0.2, 0.25) is 15.9 Å². The van der Waals surface area contributed by atoms with Crippen molar-refractivity contribution in [3.63, 3.8) is 0 Å². The lowest BCUT2D eigenvalue weighted by molar-refractivity contribution is 0.473. The maximum atomic E-state index is 11.4. The van der Waals surface area contributed by atoms with Gasteiger partial charge in [0.25, 0.3) is 0 Å². The Bertz CT molecular complexity index is 947. The van der Waals surface area contributed by atoms with Crippen LogP contribution in [0.3, 0.4) is 0 Å². The predicted molar refractivity (Wildman–Crippen MR) is 91.4 cm³/mol. The second-order valence-corrected chi connectivity index (χ2v) is 7.02. The highest BCUT2D eigenvalue weighted by atomic mass is 32.2. The van der Waals surface area contributed by atoms with E-state index in [9.17, 15) is 8.42 Å². The summed E-state index contributed by atoms with van der Waals surface area (Å²) in [5.74, 6) is 0.953. The Morgan fingerprint density at radius 2 is 1.62 bits per heavy atom. The first-order valence-corrected chi connectivity index (χ1v) is 8.86. The smallest absolute Gasteiger partial charge is 0.238 e. The molecule has 0 fully saturated rings. The lowest BCUT2D eigenvalue weighted by Crippen LogP contribution is -2.11. The van der Waals surface area contributed by atoms with E-state index < -0.39 is 10.0 Å². The molecule has 6 nitrogen and oxygen atoms in total. The molecule has 0 saturated heterocycles. The van der Waals surface area contributed by atoms with Crippen molar-refractivity contribution in [2.45, 2.75) is 17.9 Å². The highest BCUT2D eigenvalue weighted by molar-refractivity contribution is 7.89. The maximum Gasteiger partial charge on any atom is 0.238 e. The fourth-order valence-electron chi connectivity index (χ4n) is 2.31. The van der Waals surface area contributed by atoms with Gasteiger partial charge in [-0.1, -0.05) is 30.3 Å². The van der Waals surface area contributed by atoms with E-state index in [1.54, 1.807) is 19.1 Å². The summed E-state index contributed by atoms with van der Waals surface area (Å²) in [5, 5.41) is 5.13. The van der Waals surface area contributed by atoms with E-state index >= 15 is 0 Å². The number of hydrogen-bond acceptors (Lipinski definition) is 5. The lowest BCUT2D eigenvalue weighted by atomic mass is 10.1. The van der Waals surface area contributed by atoms with E-state index in [2.05, 4.69) is 4.98 Å². The molecule has 124 valence electrons. The van der Waals surface area contributed by atoms with Gasteiger partial charge in [-0.25, -0.2) is 18.5 Å². The van der Waals surface area contributed by atoms with Crippen LogP contribution in [0.1, 0.15) is 18.9 Å². The molecule has 0 aliphatic heterocycles. The second kappa shape index (κ2) is 6.20. The van der Waals surface area contributed by atoms with Gasteiger partial charge < -0.3 is 10.2 Å². The number of rotatable bonds is 4. The number of oxazole rings is 1. The van der Waals surface area contributed by atoms with Crippen molar-refractivity contribution in [3.8, 4) is 22.6 Å². The molecule has 2 aromatic carbocycles. The van der Waals surface area contributed by atoms with Crippen LogP contribution in [-0.4, -0.2) is 13.4 Å². The van der Waals surface area contributed by atoms with Crippen LogP contribution in [0.15, 0.2) is 63.9 Å². The predicted octanol–water partition coefficient (Wildman–Crippen LogP) is 2.68. The summed E-state index contributed by atoms with van der Waals surface area (Å²) in [6, 6.07) is 15.4. The number of nitrogens with two attached hydrogens (primary N) is 2. The Kier molecular flexibility index (Phi) is 4.23. The van der Waals surface area contributed by atoms with Crippen molar-refractivity contribution in [1.29, 1.82) is 0 Å². The molecular weight excluding hydrogens is 326 g/mol. The number of sulfonamides is 1. The van der Waals surface area contributed by atoms with Gasteiger partial charge in [0.05, 0.1) is 10.9 Å². The summed E-state index contributed by atoms with van der Waals surface area (Å²) in [5.41, 5.74) is 8.12. The first-order valence-electron chi connectivity index (χ1n) is 7.31. The standard InChI is InChI=1S/C17H17N3O3S/c1-11(18)17-20-15(12-5-3-2-4-6-12)16(23-17)13-7-9-14(10-8-13)24(19,21)22/h2-11H,18H2,1H3,(H2,19,21,22).